The third-order valence-corrected chi connectivity index (χ3v) is 5.67. The maximum Gasteiger partial charge on any atom is 0.213 e. The second-order valence-electron chi connectivity index (χ2n) is 7.54. The number of pyridine rings is 1. The predicted octanol–water partition coefficient (Wildman–Crippen LogP) is 4.92. The number of anilines is 1. The molecule has 1 aromatic heterocycles. The Kier molecular flexibility index (Phi) is 4.28. The van der Waals surface area contributed by atoms with Gasteiger partial charge in [0.25, 0.3) is 0 Å². The zero-order chi connectivity index (χ0) is 18.3. The van der Waals surface area contributed by atoms with Crippen LogP contribution in [0.3, 0.4) is 0 Å². The molecule has 0 saturated carbocycles. The summed E-state index contributed by atoms with van der Waals surface area (Å²) in [5, 5.41) is 1.38. The molecule has 0 N–H and O–H groups in total. The number of para-hydroxylation sites is 1. The van der Waals surface area contributed by atoms with Gasteiger partial charge in [-0.15, -0.1) is 0 Å². The Balaban J connectivity index is 1.87. The van der Waals surface area contributed by atoms with Gasteiger partial charge in [0.1, 0.15) is 7.05 Å². The molecule has 0 amide bonds. The van der Waals surface area contributed by atoms with Gasteiger partial charge in [0.2, 0.25) is 11.2 Å². The van der Waals surface area contributed by atoms with E-state index in [1.165, 1.54) is 57.4 Å². The van der Waals surface area contributed by atoms with Crippen LogP contribution in [-0.2, 0) is 13.5 Å². The van der Waals surface area contributed by atoms with Crippen LogP contribution in [0.15, 0.2) is 48.5 Å². The van der Waals surface area contributed by atoms with Gasteiger partial charge in [-0.25, -0.2) is 0 Å². The van der Waals surface area contributed by atoms with Crippen LogP contribution in [0.4, 0.5) is 5.69 Å². The van der Waals surface area contributed by atoms with Crippen molar-refractivity contribution in [3.8, 4) is 0 Å². The third kappa shape index (κ3) is 2.80. The summed E-state index contributed by atoms with van der Waals surface area (Å²) in [7, 11) is 6.38. The lowest BCUT2D eigenvalue weighted by Crippen LogP contribution is -2.37. The third-order valence-electron chi connectivity index (χ3n) is 5.67. The molecule has 2 nitrogen and oxygen atoms in total. The molecular weight excluding hydrogens is 316 g/mol. The van der Waals surface area contributed by atoms with Crippen molar-refractivity contribution in [1.82, 2.24) is 0 Å². The van der Waals surface area contributed by atoms with Crippen LogP contribution in [-0.4, -0.2) is 14.1 Å². The van der Waals surface area contributed by atoms with Gasteiger partial charge < -0.3 is 4.90 Å². The molecular formula is C24H27N2+. The molecule has 0 atom stereocenters. The Hall–Kier alpha value is -2.61. The van der Waals surface area contributed by atoms with E-state index >= 15 is 0 Å². The molecule has 2 aromatic carbocycles. The second-order valence-corrected chi connectivity index (χ2v) is 7.54. The first-order chi connectivity index (χ1) is 12.6. The van der Waals surface area contributed by atoms with E-state index < -0.39 is 0 Å². The molecule has 0 bridgehead atoms. The van der Waals surface area contributed by atoms with Gasteiger partial charge in [-0.05, 0) is 61.6 Å². The fraction of sp³-hybridized carbons (Fsp3) is 0.292. The van der Waals surface area contributed by atoms with Crippen LogP contribution in [0.2, 0.25) is 0 Å². The van der Waals surface area contributed by atoms with Crippen molar-refractivity contribution < 1.29 is 4.57 Å². The Morgan fingerprint density at radius 2 is 1.69 bits per heavy atom. The lowest BCUT2D eigenvalue weighted by atomic mass is 9.86. The van der Waals surface area contributed by atoms with E-state index in [-0.39, 0.29) is 0 Å². The molecule has 2 heteroatoms. The maximum absolute atomic E-state index is 2.40. The highest BCUT2D eigenvalue weighted by Gasteiger charge is 2.27. The van der Waals surface area contributed by atoms with Gasteiger partial charge in [-0.3, -0.25) is 0 Å². The number of nitrogens with zero attached hydrogens (tertiary/aromatic N) is 2. The Labute approximate surface area is 156 Å². The summed E-state index contributed by atoms with van der Waals surface area (Å²) in [5.74, 6) is 0. The minimum Gasteiger partial charge on any atom is -0.378 e. The fourth-order valence-electron chi connectivity index (χ4n) is 4.25. The zero-order valence-electron chi connectivity index (χ0n) is 16.2. The van der Waals surface area contributed by atoms with E-state index in [9.17, 15) is 0 Å². The standard InChI is InChI=1S/C24H27N2/c1-17-21-9-5-6-11-23(21)26(4)24-19(8-7-10-22(17)24)16-18-12-14-20(15-13-18)25(2)3/h5-6,9,11-16H,7-8,10H2,1-4H3/q+1. The van der Waals surface area contributed by atoms with Crippen molar-refractivity contribution in [2.24, 2.45) is 7.05 Å². The van der Waals surface area contributed by atoms with E-state index in [2.05, 4.69) is 92.1 Å². The van der Waals surface area contributed by atoms with Gasteiger partial charge in [0.15, 0.2) is 0 Å². The fourth-order valence-corrected chi connectivity index (χ4v) is 4.25. The number of hydrogen-bond acceptors (Lipinski definition) is 1. The van der Waals surface area contributed by atoms with E-state index in [1.54, 1.807) is 0 Å². The monoisotopic (exact) mass is 343 g/mol. The first-order valence-electron chi connectivity index (χ1n) is 9.45. The van der Waals surface area contributed by atoms with E-state index in [1.807, 2.05) is 0 Å². The molecule has 0 aliphatic heterocycles. The number of benzene rings is 2. The molecule has 0 spiro atoms. The van der Waals surface area contributed by atoms with Crippen molar-refractivity contribution >= 4 is 28.2 Å². The van der Waals surface area contributed by atoms with Crippen LogP contribution in [0.1, 0.15) is 35.2 Å². The smallest absolute Gasteiger partial charge is 0.213 e. The minimum absolute atomic E-state index is 1.15. The van der Waals surface area contributed by atoms with Crippen LogP contribution in [0, 0.1) is 6.92 Å². The highest BCUT2D eigenvalue weighted by molar-refractivity contribution is 5.87. The highest BCUT2D eigenvalue weighted by Crippen LogP contribution is 2.34. The van der Waals surface area contributed by atoms with Gasteiger partial charge in [0, 0.05) is 42.4 Å². The van der Waals surface area contributed by atoms with E-state index in [0.29, 0.717) is 0 Å². The largest absolute Gasteiger partial charge is 0.378 e. The van der Waals surface area contributed by atoms with Crippen LogP contribution >= 0.6 is 0 Å². The molecule has 4 rings (SSSR count). The summed E-state index contributed by atoms with van der Waals surface area (Å²) in [6.45, 7) is 2.29. The van der Waals surface area contributed by atoms with Crippen LogP contribution in [0.25, 0.3) is 22.6 Å². The SMILES string of the molecule is Cc1c2c([n+](C)c3ccccc13)/C(=C/c1ccc(N(C)C)cc1)CCC2. The summed E-state index contributed by atoms with van der Waals surface area (Å²) < 4.78 is 2.40. The predicted molar refractivity (Wildman–Crippen MR) is 111 cm³/mol. The van der Waals surface area contributed by atoms with Crippen molar-refractivity contribution in [3.63, 3.8) is 0 Å². The molecule has 0 fully saturated rings. The normalized spacial score (nSPS) is 15.3. The molecule has 0 radical (unpaired) electrons. The lowest BCUT2D eigenvalue weighted by molar-refractivity contribution is -0.648. The maximum atomic E-state index is 2.40. The zero-order valence-corrected chi connectivity index (χ0v) is 16.2. The molecule has 0 saturated heterocycles. The number of fused-ring (bicyclic) bond motifs is 2. The summed E-state index contributed by atoms with van der Waals surface area (Å²) in [6.07, 6.45) is 5.93. The van der Waals surface area contributed by atoms with Crippen LogP contribution in [0.5, 0.6) is 0 Å². The van der Waals surface area contributed by atoms with Gasteiger partial charge in [-0.2, -0.15) is 4.57 Å². The summed E-state index contributed by atoms with van der Waals surface area (Å²) in [5.41, 5.74) is 9.69. The van der Waals surface area contributed by atoms with Crippen molar-refractivity contribution in [2.75, 3.05) is 19.0 Å². The number of aryl methyl sites for hydroxylation is 2. The molecule has 0 unspecified atom stereocenters. The van der Waals surface area contributed by atoms with Crippen molar-refractivity contribution in [1.29, 1.82) is 0 Å². The number of allylic oxidation sites excluding steroid dienone is 1. The topological polar surface area (TPSA) is 7.12 Å². The van der Waals surface area contributed by atoms with E-state index in [4.69, 9.17) is 0 Å². The molecule has 1 aliphatic carbocycles. The minimum atomic E-state index is 1.15. The first-order valence-corrected chi connectivity index (χ1v) is 9.45. The average molecular weight is 343 g/mol. The Morgan fingerprint density at radius 1 is 0.962 bits per heavy atom. The second kappa shape index (κ2) is 6.60. The highest BCUT2D eigenvalue weighted by atomic mass is 15.1. The first kappa shape index (κ1) is 16.8. The van der Waals surface area contributed by atoms with Gasteiger partial charge in [0.05, 0.1) is 0 Å². The number of rotatable bonds is 2. The number of hydrogen-bond donors (Lipinski definition) is 0. The number of aromatic nitrogens is 1. The quantitative estimate of drug-likeness (QED) is 0.599. The summed E-state index contributed by atoms with van der Waals surface area (Å²) in [4.78, 5) is 2.14. The van der Waals surface area contributed by atoms with Crippen LogP contribution < -0.4 is 9.47 Å². The molecule has 132 valence electrons. The molecule has 26 heavy (non-hydrogen) atoms. The van der Waals surface area contributed by atoms with Gasteiger partial charge in [-0.1, -0.05) is 24.3 Å². The molecule has 1 aliphatic rings. The molecule has 1 heterocycles. The van der Waals surface area contributed by atoms with Gasteiger partial charge >= 0.3 is 0 Å². The van der Waals surface area contributed by atoms with E-state index in [0.717, 1.165) is 6.42 Å². The Morgan fingerprint density at radius 3 is 2.42 bits per heavy atom. The lowest BCUT2D eigenvalue weighted by Gasteiger charge is -2.20. The molecule has 3 aromatic rings. The van der Waals surface area contributed by atoms with Crippen molar-refractivity contribution in [2.45, 2.75) is 26.2 Å². The van der Waals surface area contributed by atoms with Crippen molar-refractivity contribution in [3.05, 3.63) is 70.9 Å². The summed E-state index contributed by atoms with van der Waals surface area (Å²) >= 11 is 0. The Bertz CT molecular complexity index is 995. The summed E-state index contributed by atoms with van der Waals surface area (Å²) in [6, 6.07) is 17.6. The average Bonchev–Trinajstić information content (AvgIpc) is 2.66.